The predicted molar refractivity (Wildman–Crippen MR) is 76.8 cm³/mol. The molecule has 1 aromatic heterocycles. The summed E-state index contributed by atoms with van der Waals surface area (Å²) in [6.45, 7) is 0.915. The molecule has 2 rings (SSSR count). The number of carbonyl (C=O) groups excluding carboxylic acids is 1. The van der Waals surface area contributed by atoms with E-state index in [1.54, 1.807) is 11.3 Å². The summed E-state index contributed by atoms with van der Waals surface area (Å²) in [4.78, 5) is 15.2. The van der Waals surface area contributed by atoms with E-state index in [1.807, 2.05) is 11.0 Å². The molecule has 0 radical (unpaired) electrons. The summed E-state index contributed by atoms with van der Waals surface area (Å²) >= 11 is 5.17. The average Bonchev–Trinajstić information content (AvgIpc) is 2.97. The lowest BCUT2D eigenvalue weighted by molar-refractivity contribution is -0.132. The third-order valence-corrected chi connectivity index (χ3v) is 5.03. The Labute approximate surface area is 120 Å². The molecule has 3 nitrogen and oxygen atoms in total. The second-order valence-electron chi connectivity index (χ2n) is 4.63. The minimum Gasteiger partial charge on any atom is -0.394 e. The third-order valence-electron chi connectivity index (χ3n) is 3.35. The van der Waals surface area contributed by atoms with Crippen LogP contribution in [0.4, 0.5) is 0 Å². The molecule has 1 aliphatic heterocycles. The van der Waals surface area contributed by atoms with Crippen LogP contribution in [-0.2, 0) is 11.2 Å². The molecule has 5 heteroatoms. The Hall–Kier alpha value is -0.390. The quantitative estimate of drug-likeness (QED) is 0.901. The Bertz CT molecular complexity index is 407. The smallest absolute Gasteiger partial charge is 0.222 e. The molecule has 0 bridgehead atoms. The van der Waals surface area contributed by atoms with Crippen molar-refractivity contribution in [1.82, 2.24) is 4.90 Å². The second kappa shape index (κ2) is 6.68. The fraction of sp³-hybridized carbons (Fsp3) is 0.615. The monoisotopic (exact) mass is 331 g/mol. The van der Waals surface area contributed by atoms with E-state index in [-0.39, 0.29) is 18.6 Å². The maximum atomic E-state index is 12.0. The van der Waals surface area contributed by atoms with E-state index in [4.69, 9.17) is 0 Å². The number of amides is 1. The summed E-state index contributed by atoms with van der Waals surface area (Å²) in [5, 5.41) is 9.19. The standard InChI is InChI=1S/C13H18BrNO2S/c14-12-7-6-11(18-12)4-1-5-13(17)15-8-2-3-10(15)9-16/h6-7,10,16H,1-5,8-9H2. The van der Waals surface area contributed by atoms with Crippen molar-refractivity contribution in [1.29, 1.82) is 0 Å². The Morgan fingerprint density at radius 2 is 2.39 bits per heavy atom. The highest BCUT2D eigenvalue weighted by Crippen LogP contribution is 2.24. The summed E-state index contributed by atoms with van der Waals surface area (Å²) in [6, 6.07) is 4.21. The SMILES string of the molecule is O=C(CCCc1ccc(Br)s1)N1CCCC1CO. The molecule has 1 unspecified atom stereocenters. The highest BCUT2D eigenvalue weighted by Gasteiger charge is 2.27. The van der Waals surface area contributed by atoms with Gasteiger partial charge in [-0.15, -0.1) is 11.3 Å². The molecule has 1 N–H and O–H groups in total. The molecule has 2 heterocycles. The van der Waals surface area contributed by atoms with Crippen LogP contribution in [0.25, 0.3) is 0 Å². The lowest BCUT2D eigenvalue weighted by Crippen LogP contribution is -2.37. The summed E-state index contributed by atoms with van der Waals surface area (Å²) in [5.74, 6) is 0.196. The van der Waals surface area contributed by atoms with E-state index >= 15 is 0 Å². The van der Waals surface area contributed by atoms with Crippen molar-refractivity contribution in [2.75, 3.05) is 13.2 Å². The van der Waals surface area contributed by atoms with Gasteiger partial charge in [-0.05, 0) is 53.7 Å². The number of aliphatic hydroxyl groups excluding tert-OH is 1. The number of halogens is 1. The normalized spacial score (nSPS) is 19.4. The topological polar surface area (TPSA) is 40.5 Å². The molecule has 0 saturated carbocycles. The van der Waals surface area contributed by atoms with Crippen LogP contribution in [0.5, 0.6) is 0 Å². The van der Waals surface area contributed by atoms with Gasteiger partial charge in [-0.3, -0.25) is 4.79 Å². The van der Waals surface area contributed by atoms with Gasteiger partial charge in [0.05, 0.1) is 16.4 Å². The van der Waals surface area contributed by atoms with Crippen molar-refractivity contribution in [3.05, 3.63) is 20.8 Å². The van der Waals surface area contributed by atoms with Crippen LogP contribution in [-0.4, -0.2) is 35.1 Å². The highest BCUT2D eigenvalue weighted by molar-refractivity contribution is 9.11. The van der Waals surface area contributed by atoms with Crippen LogP contribution in [0, 0.1) is 0 Å². The van der Waals surface area contributed by atoms with Crippen molar-refractivity contribution in [2.45, 2.75) is 38.1 Å². The maximum absolute atomic E-state index is 12.0. The molecule has 0 aliphatic carbocycles. The molecule has 0 aromatic carbocycles. The summed E-state index contributed by atoms with van der Waals surface area (Å²) in [7, 11) is 0. The van der Waals surface area contributed by atoms with Gasteiger partial charge in [-0.2, -0.15) is 0 Å². The van der Waals surface area contributed by atoms with E-state index in [9.17, 15) is 9.90 Å². The fourth-order valence-corrected chi connectivity index (χ4v) is 3.92. The summed E-state index contributed by atoms with van der Waals surface area (Å²) < 4.78 is 1.14. The van der Waals surface area contributed by atoms with E-state index in [0.29, 0.717) is 6.42 Å². The first-order valence-electron chi connectivity index (χ1n) is 6.35. The van der Waals surface area contributed by atoms with Gasteiger partial charge in [0.15, 0.2) is 0 Å². The minimum absolute atomic E-state index is 0.0633. The van der Waals surface area contributed by atoms with E-state index in [2.05, 4.69) is 22.0 Å². The molecule has 1 aliphatic rings. The van der Waals surface area contributed by atoms with Crippen molar-refractivity contribution in [3.63, 3.8) is 0 Å². The first-order valence-corrected chi connectivity index (χ1v) is 7.96. The zero-order valence-corrected chi connectivity index (χ0v) is 12.7. The molecular weight excluding hydrogens is 314 g/mol. The number of nitrogens with zero attached hydrogens (tertiary/aromatic N) is 1. The van der Waals surface area contributed by atoms with Crippen LogP contribution >= 0.6 is 27.3 Å². The molecule has 1 saturated heterocycles. The highest BCUT2D eigenvalue weighted by atomic mass is 79.9. The Morgan fingerprint density at radius 3 is 3.06 bits per heavy atom. The molecule has 1 fully saturated rings. The molecule has 1 amide bonds. The van der Waals surface area contributed by atoms with Crippen LogP contribution in [0.1, 0.15) is 30.6 Å². The van der Waals surface area contributed by atoms with E-state index in [1.165, 1.54) is 4.88 Å². The maximum Gasteiger partial charge on any atom is 0.222 e. The largest absolute Gasteiger partial charge is 0.394 e. The molecule has 1 atom stereocenters. The Morgan fingerprint density at radius 1 is 1.56 bits per heavy atom. The van der Waals surface area contributed by atoms with Crippen molar-refractivity contribution < 1.29 is 9.90 Å². The average molecular weight is 332 g/mol. The number of hydrogen-bond donors (Lipinski definition) is 1. The number of aryl methyl sites for hydroxylation is 1. The number of carbonyl (C=O) groups is 1. The van der Waals surface area contributed by atoms with Gasteiger partial charge in [-0.25, -0.2) is 0 Å². The molecule has 100 valence electrons. The van der Waals surface area contributed by atoms with E-state index < -0.39 is 0 Å². The van der Waals surface area contributed by atoms with Crippen LogP contribution in [0.3, 0.4) is 0 Å². The first kappa shape index (κ1) is 14.0. The van der Waals surface area contributed by atoms with Crippen molar-refractivity contribution >= 4 is 33.2 Å². The summed E-state index contributed by atoms with van der Waals surface area (Å²) in [5.41, 5.74) is 0. The van der Waals surface area contributed by atoms with Gasteiger partial charge in [0.1, 0.15) is 0 Å². The second-order valence-corrected chi connectivity index (χ2v) is 7.17. The van der Waals surface area contributed by atoms with Gasteiger partial charge in [0.2, 0.25) is 5.91 Å². The van der Waals surface area contributed by atoms with Crippen molar-refractivity contribution in [2.24, 2.45) is 0 Å². The van der Waals surface area contributed by atoms with Crippen LogP contribution < -0.4 is 0 Å². The van der Waals surface area contributed by atoms with E-state index in [0.717, 1.165) is 36.0 Å². The lowest BCUT2D eigenvalue weighted by atomic mass is 10.2. The predicted octanol–water partition coefficient (Wildman–Crippen LogP) is 2.82. The first-order chi connectivity index (χ1) is 8.70. The van der Waals surface area contributed by atoms with Gasteiger partial charge >= 0.3 is 0 Å². The van der Waals surface area contributed by atoms with Gasteiger partial charge in [0, 0.05) is 17.8 Å². The lowest BCUT2D eigenvalue weighted by Gasteiger charge is -2.22. The zero-order chi connectivity index (χ0) is 13.0. The molecule has 0 spiro atoms. The van der Waals surface area contributed by atoms with Crippen LogP contribution in [0.15, 0.2) is 15.9 Å². The summed E-state index contributed by atoms with van der Waals surface area (Å²) in [6.07, 6.45) is 4.40. The number of thiophene rings is 1. The number of aliphatic hydroxyl groups is 1. The zero-order valence-electron chi connectivity index (χ0n) is 10.3. The van der Waals surface area contributed by atoms with Crippen molar-refractivity contribution in [3.8, 4) is 0 Å². The van der Waals surface area contributed by atoms with Gasteiger partial charge < -0.3 is 10.0 Å². The third kappa shape index (κ3) is 3.56. The van der Waals surface area contributed by atoms with Gasteiger partial charge in [0.25, 0.3) is 0 Å². The molecule has 1 aromatic rings. The minimum atomic E-state index is 0.0633. The number of rotatable bonds is 5. The fourth-order valence-electron chi connectivity index (χ4n) is 2.40. The van der Waals surface area contributed by atoms with Crippen LogP contribution in [0.2, 0.25) is 0 Å². The Kier molecular flexibility index (Phi) is 5.21. The Balaban J connectivity index is 1.74. The van der Waals surface area contributed by atoms with Gasteiger partial charge in [-0.1, -0.05) is 0 Å². The number of hydrogen-bond acceptors (Lipinski definition) is 3. The number of likely N-dealkylation sites (tertiary alicyclic amines) is 1. The molecule has 18 heavy (non-hydrogen) atoms. The molecular formula is C13H18BrNO2S.